The third-order valence-electron chi connectivity index (χ3n) is 3.21. The maximum atomic E-state index is 13.3. The Labute approximate surface area is 115 Å². The van der Waals surface area contributed by atoms with Crippen molar-refractivity contribution in [1.82, 2.24) is 4.98 Å². The number of benzene rings is 2. The van der Waals surface area contributed by atoms with Gasteiger partial charge in [0, 0.05) is 10.9 Å². The molecule has 2 aromatic carbocycles. The van der Waals surface area contributed by atoms with Crippen LogP contribution in [-0.4, -0.2) is 18.1 Å². The molecule has 1 aromatic heterocycles. The van der Waals surface area contributed by atoms with E-state index in [2.05, 4.69) is 4.98 Å². The second-order valence-corrected chi connectivity index (χ2v) is 4.42. The maximum Gasteiger partial charge on any atom is 0.340 e. The smallest absolute Gasteiger partial charge is 0.340 e. The molecule has 100 valence electrons. The Hall–Kier alpha value is -2.62. The lowest BCUT2D eigenvalue weighted by Gasteiger charge is -2.03. The summed E-state index contributed by atoms with van der Waals surface area (Å²) in [6, 6.07) is 13.7. The number of methoxy groups -OCH3 is 1. The van der Waals surface area contributed by atoms with Gasteiger partial charge in [-0.1, -0.05) is 30.3 Å². The van der Waals surface area contributed by atoms with Crippen LogP contribution in [0.1, 0.15) is 10.4 Å². The fourth-order valence-electron chi connectivity index (χ4n) is 2.31. The number of esters is 1. The van der Waals surface area contributed by atoms with Crippen LogP contribution in [0.4, 0.5) is 4.39 Å². The molecule has 0 fully saturated rings. The summed E-state index contributed by atoms with van der Waals surface area (Å²) in [4.78, 5) is 15.1. The van der Waals surface area contributed by atoms with Crippen molar-refractivity contribution in [2.45, 2.75) is 0 Å². The van der Waals surface area contributed by atoms with Gasteiger partial charge < -0.3 is 9.72 Å². The number of halogens is 1. The van der Waals surface area contributed by atoms with Crippen molar-refractivity contribution in [3.8, 4) is 11.3 Å². The lowest BCUT2D eigenvalue weighted by atomic mass is 10.1. The van der Waals surface area contributed by atoms with E-state index >= 15 is 0 Å². The first kappa shape index (κ1) is 12.4. The molecular formula is C16H12FNO2. The second kappa shape index (κ2) is 4.81. The number of carbonyl (C=O) groups is 1. The summed E-state index contributed by atoms with van der Waals surface area (Å²) in [5.74, 6) is -0.795. The molecule has 0 atom stereocenters. The van der Waals surface area contributed by atoms with Crippen molar-refractivity contribution >= 4 is 16.9 Å². The normalized spacial score (nSPS) is 10.7. The van der Waals surface area contributed by atoms with Crippen LogP contribution in [0.3, 0.4) is 0 Å². The first-order chi connectivity index (χ1) is 9.70. The van der Waals surface area contributed by atoms with Gasteiger partial charge in [-0.3, -0.25) is 0 Å². The topological polar surface area (TPSA) is 42.1 Å². The van der Waals surface area contributed by atoms with Gasteiger partial charge in [-0.25, -0.2) is 9.18 Å². The van der Waals surface area contributed by atoms with Crippen LogP contribution in [-0.2, 0) is 4.74 Å². The van der Waals surface area contributed by atoms with Crippen LogP contribution in [0, 0.1) is 5.82 Å². The molecule has 0 aliphatic heterocycles. The van der Waals surface area contributed by atoms with Gasteiger partial charge in [0.2, 0.25) is 0 Å². The molecule has 0 saturated heterocycles. The number of fused-ring (bicyclic) bond motifs is 1. The minimum Gasteiger partial charge on any atom is -0.465 e. The number of carbonyl (C=O) groups excluding carboxylic acids is 1. The van der Waals surface area contributed by atoms with E-state index in [0.717, 1.165) is 5.56 Å². The van der Waals surface area contributed by atoms with Crippen LogP contribution in [0.25, 0.3) is 22.2 Å². The van der Waals surface area contributed by atoms with Crippen LogP contribution < -0.4 is 0 Å². The van der Waals surface area contributed by atoms with Gasteiger partial charge in [-0.15, -0.1) is 0 Å². The Morgan fingerprint density at radius 2 is 1.90 bits per heavy atom. The molecule has 1 heterocycles. The molecule has 0 spiro atoms. The Bertz CT molecular complexity index is 778. The molecule has 0 saturated carbocycles. The average Bonchev–Trinajstić information content (AvgIpc) is 2.85. The second-order valence-electron chi connectivity index (χ2n) is 4.42. The van der Waals surface area contributed by atoms with E-state index in [1.54, 1.807) is 6.07 Å². The number of ether oxygens (including phenoxy) is 1. The molecule has 0 radical (unpaired) electrons. The third kappa shape index (κ3) is 1.95. The molecule has 3 nitrogen and oxygen atoms in total. The molecule has 0 amide bonds. The summed E-state index contributed by atoms with van der Waals surface area (Å²) in [5.41, 5.74) is 2.49. The standard InChI is InChI=1S/C16H12FNO2/c1-20-16(19)14-12-8-7-11(17)9-13(12)18-15(14)10-5-3-2-4-6-10/h2-9,18H,1H3. The third-order valence-corrected chi connectivity index (χ3v) is 3.21. The lowest BCUT2D eigenvalue weighted by Crippen LogP contribution is -2.02. The van der Waals surface area contributed by atoms with Crippen molar-refractivity contribution in [2.24, 2.45) is 0 Å². The van der Waals surface area contributed by atoms with Crippen molar-refractivity contribution < 1.29 is 13.9 Å². The highest BCUT2D eigenvalue weighted by Gasteiger charge is 2.20. The minimum atomic E-state index is -0.443. The SMILES string of the molecule is COC(=O)c1c(-c2ccccc2)[nH]c2cc(F)ccc12. The van der Waals surface area contributed by atoms with Crippen LogP contribution in [0.15, 0.2) is 48.5 Å². The van der Waals surface area contributed by atoms with E-state index in [4.69, 9.17) is 4.74 Å². The van der Waals surface area contributed by atoms with E-state index in [-0.39, 0.29) is 5.82 Å². The van der Waals surface area contributed by atoms with Gasteiger partial charge in [0.1, 0.15) is 5.82 Å². The number of hydrogen-bond acceptors (Lipinski definition) is 2. The number of aromatic amines is 1. The largest absolute Gasteiger partial charge is 0.465 e. The molecular weight excluding hydrogens is 257 g/mol. The summed E-state index contributed by atoms with van der Waals surface area (Å²) in [5, 5.41) is 0.650. The van der Waals surface area contributed by atoms with Crippen molar-refractivity contribution in [2.75, 3.05) is 7.11 Å². The molecule has 0 aliphatic carbocycles. The zero-order valence-corrected chi connectivity index (χ0v) is 10.8. The summed E-state index contributed by atoms with van der Waals surface area (Å²) >= 11 is 0. The van der Waals surface area contributed by atoms with Gasteiger partial charge in [0.25, 0.3) is 0 Å². The van der Waals surface area contributed by atoms with E-state index in [1.165, 1.54) is 19.2 Å². The van der Waals surface area contributed by atoms with Crippen LogP contribution in [0.5, 0.6) is 0 Å². The minimum absolute atomic E-state index is 0.352. The Morgan fingerprint density at radius 3 is 2.60 bits per heavy atom. The summed E-state index contributed by atoms with van der Waals surface area (Å²) in [7, 11) is 1.33. The van der Waals surface area contributed by atoms with Crippen molar-refractivity contribution in [3.63, 3.8) is 0 Å². The Kier molecular flexibility index (Phi) is 2.99. The lowest BCUT2D eigenvalue weighted by molar-refractivity contribution is 0.0604. The van der Waals surface area contributed by atoms with Gasteiger partial charge in [-0.2, -0.15) is 0 Å². The Morgan fingerprint density at radius 1 is 1.15 bits per heavy atom. The first-order valence-corrected chi connectivity index (χ1v) is 6.15. The maximum absolute atomic E-state index is 13.3. The van der Waals surface area contributed by atoms with Crippen LogP contribution in [0.2, 0.25) is 0 Å². The predicted octanol–water partition coefficient (Wildman–Crippen LogP) is 3.76. The molecule has 3 rings (SSSR count). The number of H-pyrrole nitrogens is 1. The number of nitrogens with one attached hydrogen (secondary N) is 1. The first-order valence-electron chi connectivity index (χ1n) is 6.15. The number of rotatable bonds is 2. The monoisotopic (exact) mass is 269 g/mol. The summed E-state index contributed by atoms with van der Waals surface area (Å²) < 4.78 is 18.2. The van der Waals surface area contributed by atoms with E-state index in [9.17, 15) is 9.18 Å². The number of hydrogen-bond donors (Lipinski definition) is 1. The van der Waals surface area contributed by atoms with E-state index in [1.807, 2.05) is 30.3 Å². The van der Waals surface area contributed by atoms with Crippen LogP contribution >= 0.6 is 0 Å². The average molecular weight is 269 g/mol. The zero-order chi connectivity index (χ0) is 14.1. The fourth-order valence-corrected chi connectivity index (χ4v) is 2.31. The highest BCUT2D eigenvalue weighted by molar-refractivity contribution is 6.10. The highest BCUT2D eigenvalue weighted by Crippen LogP contribution is 2.31. The summed E-state index contributed by atoms with van der Waals surface area (Å²) in [6.45, 7) is 0. The highest BCUT2D eigenvalue weighted by atomic mass is 19.1. The van der Waals surface area contributed by atoms with Gasteiger partial charge in [-0.05, 0) is 23.8 Å². The fraction of sp³-hybridized carbons (Fsp3) is 0.0625. The molecule has 0 unspecified atom stereocenters. The predicted molar refractivity (Wildman–Crippen MR) is 75.0 cm³/mol. The van der Waals surface area contributed by atoms with Gasteiger partial charge >= 0.3 is 5.97 Å². The van der Waals surface area contributed by atoms with E-state index in [0.29, 0.717) is 22.2 Å². The molecule has 4 heteroatoms. The molecule has 20 heavy (non-hydrogen) atoms. The quantitative estimate of drug-likeness (QED) is 0.720. The van der Waals surface area contributed by atoms with Crippen molar-refractivity contribution in [1.29, 1.82) is 0 Å². The molecule has 0 bridgehead atoms. The van der Waals surface area contributed by atoms with E-state index < -0.39 is 5.97 Å². The van der Waals surface area contributed by atoms with Gasteiger partial charge in [0.15, 0.2) is 0 Å². The zero-order valence-electron chi connectivity index (χ0n) is 10.8. The number of aromatic nitrogens is 1. The molecule has 3 aromatic rings. The summed E-state index contributed by atoms with van der Waals surface area (Å²) in [6.07, 6.45) is 0. The molecule has 0 aliphatic rings. The van der Waals surface area contributed by atoms with Crippen molar-refractivity contribution in [3.05, 3.63) is 59.9 Å². The molecule has 1 N–H and O–H groups in total. The van der Waals surface area contributed by atoms with Gasteiger partial charge in [0.05, 0.1) is 18.4 Å². The Balaban J connectivity index is 2.33.